The Morgan fingerprint density at radius 2 is 1.80 bits per heavy atom. The Bertz CT molecular complexity index is 766. The Morgan fingerprint density at radius 3 is 2.36 bits per heavy atom. The summed E-state index contributed by atoms with van der Waals surface area (Å²) in [6.45, 7) is 11.4. The van der Waals surface area contributed by atoms with Gasteiger partial charge in [-0.2, -0.15) is 5.10 Å². The minimum atomic E-state index is -0.316. The first kappa shape index (κ1) is 17.6. The number of H-pyrrole nitrogens is 1. The number of aromatic nitrogens is 4. The van der Waals surface area contributed by atoms with Crippen LogP contribution in [0.1, 0.15) is 56.7 Å². The van der Waals surface area contributed by atoms with Crippen LogP contribution >= 0.6 is 0 Å². The van der Waals surface area contributed by atoms with E-state index in [-0.39, 0.29) is 11.3 Å². The molecular formula is C19H27N5O. The second-order valence-electron chi connectivity index (χ2n) is 7.98. The number of hydrogen-bond donors (Lipinski definition) is 1. The van der Waals surface area contributed by atoms with Gasteiger partial charge in [-0.1, -0.05) is 20.8 Å². The summed E-state index contributed by atoms with van der Waals surface area (Å²) in [6, 6.07) is 4.05. The third-order valence-electron chi connectivity index (χ3n) is 4.67. The van der Waals surface area contributed by atoms with Crippen molar-refractivity contribution in [3.8, 4) is 11.4 Å². The molecule has 6 nitrogen and oxygen atoms in total. The highest BCUT2D eigenvalue weighted by Crippen LogP contribution is 2.30. The number of aryl methyl sites for hydroxylation is 2. The molecule has 1 aliphatic heterocycles. The van der Waals surface area contributed by atoms with E-state index >= 15 is 0 Å². The molecule has 1 saturated heterocycles. The van der Waals surface area contributed by atoms with Gasteiger partial charge in [0.25, 0.3) is 0 Å². The van der Waals surface area contributed by atoms with E-state index in [1.165, 1.54) is 0 Å². The standard InChI is InChI=1S/C19H27N5O/c1-12-10-17(23-22-12)16-11-15(20-13(2)21-16)14-6-8-24(9-7-14)18(25)19(3,4)5/h10-11,14H,6-9H2,1-5H3,(H,22,23). The van der Waals surface area contributed by atoms with Crippen molar-refractivity contribution in [3.63, 3.8) is 0 Å². The van der Waals surface area contributed by atoms with Crippen LogP contribution in [0.25, 0.3) is 11.4 Å². The predicted octanol–water partition coefficient (Wildman–Crippen LogP) is 3.24. The van der Waals surface area contributed by atoms with Gasteiger partial charge in [-0.25, -0.2) is 9.97 Å². The molecule has 0 aromatic carbocycles. The third kappa shape index (κ3) is 3.89. The van der Waals surface area contributed by atoms with Crippen LogP contribution < -0.4 is 0 Å². The van der Waals surface area contributed by atoms with E-state index < -0.39 is 0 Å². The highest BCUT2D eigenvalue weighted by atomic mass is 16.2. The molecule has 0 bridgehead atoms. The number of piperidine rings is 1. The van der Waals surface area contributed by atoms with E-state index in [1.807, 2.05) is 45.6 Å². The zero-order chi connectivity index (χ0) is 18.2. The number of carbonyl (C=O) groups is 1. The summed E-state index contributed by atoms with van der Waals surface area (Å²) in [6.07, 6.45) is 1.88. The van der Waals surface area contributed by atoms with Crippen molar-refractivity contribution < 1.29 is 4.79 Å². The Kier molecular flexibility index (Phi) is 4.62. The first-order valence-electron chi connectivity index (χ1n) is 8.91. The molecule has 3 rings (SSSR count). The first-order valence-corrected chi connectivity index (χ1v) is 8.91. The first-order chi connectivity index (χ1) is 11.7. The van der Waals surface area contributed by atoms with E-state index in [0.29, 0.717) is 5.92 Å². The van der Waals surface area contributed by atoms with Crippen molar-refractivity contribution in [3.05, 3.63) is 29.3 Å². The quantitative estimate of drug-likeness (QED) is 0.910. The van der Waals surface area contributed by atoms with E-state index in [1.54, 1.807) is 0 Å². The van der Waals surface area contributed by atoms with Crippen LogP contribution in [0.2, 0.25) is 0 Å². The maximum absolute atomic E-state index is 12.4. The predicted molar refractivity (Wildman–Crippen MR) is 97.1 cm³/mol. The van der Waals surface area contributed by atoms with E-state index in [0.717, 1.165) is 54.5 Å². The number of likely N-dealkylation sites (tertiary alicyclic amines) is 1. The number of aromatic amines is 1. The molecule has 0 unspecified atom stereocenters. The molecule has 3 heterocycles. The van der Waals surface area contributed by atoms with Gasteiger partial charge in [0.1, 0.15) is 11.5 Å². The topological polar surface area (TPSA) is 74.8 Å². The number of amides is 1. The Balaban J connectivity index is 1.75. The maximum atomic E-state index is 12.4. The van der Waals surface area contributed by atoms with Crippen LogP contribution in [0.3, 0.4) is 0 Å². The molecule has 1 aliphatic rings. The molecule has 1 fully saturated rings. The van der Waals surface area contributed by atoms with E-state index in [9.17, 15) is 4.79 Å². The van der Waals surface area contributed by atoms with Gasteiger partial charge in [0.2, 0.25) is 5.91 Å². The summed E-state index contributed by atoms with van der Waals surface area (Å²) in [5.41, 5.74) is 3.47. The van der Waals surface area contributed by atoms with Crippen LogP contribution in [0.4, 0.5) is 0 Å². The van der Waals surface area contributed by atoms with Crippen LogP contribution in [0.15, 0.2) is 12.1 Å². The van der Waals surface area contributed by atoms with Crippen LogP contribution in [0.5, 0.6) is 0 Å². The molecule has 0 spiro atoms. The van der Waals surface area contributed by atoms with Gasteiger partial charge in [0.15, 0.2) is 0 Å². The van der Waals surface area contributed by atoms with E-state index in [2.05, 4.69) is 26.2 Å². The monoisotopic (exact) mass is 341 g/mol. The van der Waals surface area contributed by atoms with Gasteiger partial charge in [0.05, 0.1) is 5.69 Å². The summed E-state index contributed by atoms with van der Waals surface area (Å²) < 4.78 is 0. The van der Waals surface area contributed by atoms with E-state index in [4.69, 9.17) is 0 Å². The average Bonchev–Trinajstić information content (AvgIpc) is 2.99. The molecule has 0 atom stereocenters. The Hall–Kier alpha value is -2.24. The van der Waals surface area contributed by atoms with Gasteiger partial charge in [-0.15, -0.1) is 0 Å². The normalized spacial score (nSPS) is 16.3. The summed E-state index contributed by atoms with van der Waals surface area (Å²) in [5.74, 6) is 1.36. The summed E-state index contributed by atoms with van der Waals surface area (Å²) in [7, 11) is 0. The largest absolute Gasteiger partial charge is 0.342 e. The molecule has 2 aromatic rings. The van der Waals surface area contributed by atoms with Crippen molar-refractivity contribution in [2.24, 2.45) is 5.41 Å². The van der Waals surface area contributed by atoms with Crippen molar-refractivity contribution in [1.82, 2.24) is 25.1 Å². The molecule has 1 N–H and O–H groups in total. The lowest BCUT2D eigenvalue weighted by Gasteiger charge is -2.35. The number of nitrogens with one attached hydrogen (secondary N) is 1. The summed E-state index contributed by atoms with van der Waals surface area (Å²) in [4.78, 5) is 23.6. The molecule has 6 heteroatoms. The fraction of sp³-hybridized carbons (Fsp3) is 0.579. The molecule has 134 valence electrons. The molecule has 25 heavy (non-hydrogen) atoms. The fourth-order valence-corrected chi connectivity index (χ4v) is 3.33. The lowest BCUT2D eigenvalue weighted by Crippen LogP contribution is -2.43. The smallest absolute Gasteiger partial charge is 0.227 e. The van der Waals surface area contributed by atoms with Crippen molar-refractivity contribution >= 4 is 5.91 Å². The molecule has 0 radical (unpaired) electrons. The lowest BCUT2D eigenvalue weighted by molar-refractivity contribution is -0.140. The highest BCUT2D eigenvalue weighted by Gasteiger charge is 2.31. The molecule has 1 amide bonds. The van der Waals surface area contributed by atoms with Gasteiger partial charge in [-0.05, 0) is 38.8 Å². The van der Waals surface area contributed by atoms with Crippen LogP contribution in [-0.2, 0) is 4.79 Å². The molecule has 0 saturated carbocycles. The third-order valence-corrected chi connectivity index (χ3v) is 4.67. The fourth-order valence-electron chi connectivity index (χ4n) is 3.33. The highest BCUT2D eigenvalue weighted by molar-refractivity contribution is 5.81. The number of carbonyl (C=O) groups excluding carboxylic acids is 1. The van der Waals surface area contributed by atoms with Crippen LogP contribution in [-0.4, -0.2) is 44.1 Å². The minimum Gasteiger partial charge on any atom is -0.342 e. The van der Waals surface area contributed by atoms with Crippen molar-refractivity contribution in [1.29, 1.82) is 0 Å². The minimum absolute atomic E-state index is 0.234. The second kappa shape index (κ2) is 6.58. The van der Waals surface area contributed by atoms with Gasteiger partial charge in [0, 0.05) is 35.8 Å². The second-order valence-corrected chi connectivity index (χ2v) is 7.98. The maximum Gasteiger partial charge on any atom is 0.227 e. The molecule has 0 aliphatic carbocycles. The number of nitrogens with zero attached hydrogens (tertiary/aromatic N) is 4. The van der Waals surface area contributed by atoms with Crippen molar-refractivity contribution in [2.75, 3.05) is 13.1 Å². The number of rotatable bonds is 2. The molecule has 2 aromatic heterocycles. The Morgan fingerprint density at radius 1 is 1.12 bits per heavy atom. The molecular weight excluding hydrogens is 314 g/mol. The average molecular weight is 341 g/mol. The van der Waals surface area contributed by atoms with Gasteiger partial charge >= 0.3 is 0 Å². The van der Waals surface area contributed by atoms with Gasteiger partial charge < -0.3 is 4.90 Å². The summed E-state index contributed by atoms with van der Waals surface area (Å²) in [5, 5.41) is 7.27. The zero-order valence-corrected chi connectivity index (χ0v) is 15.8. The van der Waals surface area contributed by atoms with Crippen LogP contribution in [0, 0.1) is 19.3 Å². The van der Waals surface area contributed by atoms with Crippen molar-refractivity contribution in [2.45, 2.75) is 53.4 Å². The summed E-state index contributed by atoms with van der Waals surface area (Å²) >= 11 is 0. The SMILES string of the molecule is Cc1nc(-c2cc(C)[nH]n2)cc(C2CCN(C(=O)C(C)(C)C)CC2)n1. The van der Waals surface area contributed by atoms with Gasteiger partial charge in [-0.3, -0.25) is 9.89 Å². The Labute approximate surface area is 149 Å². The lowest BCUT2D eigenvalue weighted by atomic mass is 9.89. The zero-order valence-electron chi connectivity index (χ0n) is 15.8. The number of hydrogen-bond acceptors (Lipinski definition) is 4.